The molecule has 0 spiro atoms. The number of ether oxygens (including phenoxy) is 2. The predicted molar refractivity (Wildman–Crippen MR) is 65.8 cm³/mol. The van der Waals surface area contributed by atoms with Crippen LogP contribution < -0.4 is 4.74 Å². The molecule has 0 bridgehead atoms. The number of aromatic nitrogens is 2. The summed E-state index contributed by atoms with van der Waals surface area (Å²) in [6.45, 7) is 0. The Labute approximate surface area is 105 Å². The van der Waals surface area contributed by atoms with E-state index in [-0.39, 0.29) is 12.4 Å². The first-order valence-electron chi connectivity index (χ1n) is 5.47. The van der Waals surface area contributed by atoms with Crippen molar-refractivity contribution in [1.29, 1.82) is 0 Å². The van der Waals surface area contributed by atoms with Crippen LogP contribution in [-0.4, -0.2) is 30.0 Å². The van der Waals surface area contributed by atoms with Crippen molar-refractivity contribution < 1.29 is 14.3 Å². The molecule has 0 radical (unpaired) electrons. The van der Waals surface area contributed by atoms with Gasteiger partial charge in [-0.15, -0.1) is 0 Å². The number of hydrogen-bond donors (Lipinski definition) is 0. The van der Waals surface area contributed by atoms with Crippen LogP contribution in [0.5, 0.6) is 5.75 Å². The van der Waals surface area contributed by atoms with Crippen molar-refractivity contribution in [1.82, 2.24) is 9.78 Å². The number of esters is 1. The van der Waals surface area contributed by atoms with Crippen LogP contribution in [0.4, 0.5) is 0 Å². The Morgan fingerprint density at radius 3 is 2.94 bits per heavy atom. The highest BCUT2D eigenvalue weighted by Gasteiger charge is 2.06. The molecule has 0 amide bonds. The van der Waals surface area contributed by atoms with Crippen LogP contribution in [0.25, 0.3) is 5.69 Å². The lowest BCUT2D eigenvalue weighted by Gasteiger charge is -2.03. The first kappa shape index (κ1) is 12.2. The summed E-state index contributed by atoms with van der Waals surface area (Å²) >= 11 is 0. The number of hydrogen-bond acceptors (Lipinski definition) is 4. The Kier molecular flexibility index (Phi) is 3.62. The van der Waals surface area contributed by atoms with Gasteiger partial charge in [0, 0.05) is 17.8 Å². The molecular formula is C13H14N2O3. The molecule has 0 aliphatic rings. The molecule has 0 aliphatic heterocycles. The van der Waals surface area contributed by atoms with E-state index in [1.54, 1.807) is 24.2 Å². The fourth-order valence-electron chi connectivity index (χ4n) is 1.58. The molecule has 0 N–H and O–H groups in total. The van der Waals surface area contributed by atoms with E-state index in [0.717, 1.165) is 17.0 Å². The minimum atomic E-state index is -0.278. The van der Waals surface area contributed by atoms with Gasteiger partial charge in [-0.25, -0.2) is 4.68 Å². The van der Waals surface area contributed by atoms with Crippen molar-refractivity contribution in [3.8, 4) is 11.4 Å². The molecule has 1 aromatic heterocycles. The topological polar surface area (TPSA) is 53.3 Å². The van der Waals surface area contributed by atoms with Crippen molar-refractivity contribution in [3.63, 3.8) is 0 Å². The molecule has 5 heteroatoms. The summed E-state index contributed by atoms with van der Waals surface area (Å²) < 4.78 is 11.5. The van der Waals surface area contributed by atoms with Gasteiger partial charge in [0.05, 0.1) is 32.5 Å². The van der Waals surface area contributed by atoms with Gasteiger partial charge in [0.2, 0.25) is 0 Å². The van der Waals surface area contributed by atoms with Crippen LogP contribution >= 0.6 is 0 Å². The van der Waals surface area contributed by atoms with E-state index in [0.29, 0.717) is 0 Å². The van der Waals surface area contributed by atoms with Crippen LogP contribution in [0.15, 0.2) is 36.7 Å². The van der Waals surface area contributed by atoms with Gasteiger partial charge in [-0.3, -0.25) is 4.79 Å². The van der Waals surface area contributed by atoms with Crippen LogP contribution in [0.3, 0.4) is 0 Å². The third kappa shape index (κ3) is 2.68. The fourth-order valence-corrected chi connectivity index (χ4v) is 1.58. The van der Waals surface area contributed by atoms with E-state index in [1.807, 2.05) is 24.3 Å². The Morgan fingerprint density at radius 1 is 1.39 bits per heavy atom. The molecule has 0 saturated heterocycles. The normalized spacial score (nSPS) is 10.1. The fraction of sp³-hybridized carbons (Fsp3) is 0.231. The zero-order valence-corrected chi connectivity index (χ0v) is 10.3. The van der Waals surface area contributed by atoms with Gasteiger partial charge >= 0.3 is 5.97 Å². The molecule has 0 saturated carbocycles. The summed E-state index contributed by atoms with van der Waals surface area (Å²) in [7, 11) is 2.99. The smallest absolute Gasteiger partial charge is 0.310 e. The first-order chi connectivity index (χ1) is 8.72. The summed E-state index contributed by atoms with van der Waals surface area (Å²) in [6.07, 6.45) is 3.67. The highest BCUT2D eigenvalue weighted by Crippen LogP contribution is 2.16. The molecule has 0 unspecified atom stereocenters. The molecule has 0 fully saturated rings. The maximum atomic E-state index is 11.1. The number of rotatable bonds is 4. The third-order valence-corrected chi connectivity index (χ3v) is 2.53. The molecule has 1 heterocycles. The zero-order valence-electron chi connectivity index (χ0n) is 10.3. The molecule has 1 aromatic carbocycles. The molecule has 18 heavy (non-hydrogen) atoms. The molecule has 5 nitrogen and oxygen atoms in total. The summed E-state index contributed by atoms with van der Waals surface area (Å²) in [6, 6.07) is 7.53. The second-order valence-electron chi connectivity index (χ2n) is 3.75. The average molecular weight is 246 g/mol. The maximum Gasteiger partial charge on any atom is 0.310 e. The average Bonchev–Trinajstić information content (AvgIpc) is 2.87. The van der Waals surface area contributed by atoms with E-state index in [9.17, 15) is 4.79 Å². The van der Waals surface area contributed by atoms with E-state index in [1.165, 1.54) is 7.11 Å². The van der Waals surface area contributed by atoms with Crippen LogP contribution in [0.1, 0.15) is 5.56 Å². The zero-order chi connectivity index (χ0) is 13.0. The van der Waals surface area contributed by atoms with Gasteiger partial charge in [0.15, 0.2) is 0 Å². The number of benzene rings is 1. The van der Waals surface area contributed by atoms with Crippen LogP contribution in [-0.2, 0) is 16.0 Å². The minimum absolute atomic E-state index is 0.223. The largest absolute Gasteiger partial charge is 0.497 e. The lowest BCUT2D eigenvalue weighted by atomic mass is 10.2. The van der Waals surface area contributed by atoms with Gasteiger partial charge in [-0.05, 0) is 12.1 Å². The second kappa shape index (κ2) is 5.35. The third-order valence-electron chi connectivity index (χ3n) is 2.53. The first-order valence-corrected chi connectivity index (χ1v) is 5.47. The lowest BCUT2D eigenvalue weighted by molar-refractivity contribution is -0.139. The van der Waals surface area contributed by atoms with Crippen molar-refractivity contribution in [2.24, 2.45) is 0 Å². The van der Waals surface area contributed by atoms with Crippen molar-refractivity contribution in [3.05, 3.63) is 42.2 Å². The highest BCUT2D eigenvalue weighted by atomic mass is 16.5. The number of carbonyl (C=O) groups is 1. The Balaban J connectivity index is 2.20. The molecule has 2 rings (SSSR count). The summed E-state index contributed by atoms with van der Waals surface area (Å²) in [5.41, 5.74) is 1.69. The highest BCUT2D eigenvalue weighted by molar-refractivity contribution is 5.72. The van der Waals surface area contributed by atoms with Gasteiger partial charge in [-0.2, -0.15) is 5.10 Å². The monoisotopic (exact) mass is 246 g/mol. The molecule has 0 aliphatic carbocycles. The van der Waals surface area contributed by atoms with Gasteiger partial charge in [0.25, 0.3) is 0 Å². The summed E-state index contributed by atoms with van der Waals surface area (Å²) in [5, 5.41) is 4.20. The predicted octanol–water partition coefficient (Wildman–Crippen LogP) is 1.60. The van der Waals surface area contributed by atoms with E-state index < -0.39 is 0 Å². The number of nitrogens with zero attached hydrogens (tertiary/aromatic N) is 2. The summed E-state index contributed by atoms with van der Waals surface area (Å²) in [4.78, 5) is 11.1. The van der Waals surface area contributed by atoms with Crippen LogP contribution in [0.2, 0.25) is 0 Å². The molecule has 2 aromatic rings. The van der Waals surface area contributed by atoms with Gasteiger partial charge in [-0.1, -0.05) is 6.07 Å². The summed E-state index contributed by atoms with van der Waals surface area (Å²) in [5.74, 6) is 0.484. The van der Waals surface area contributed by atoms with Gasteiger partial charge < -0.3 is 9.47 Å². The van der Waals surface area contributed by atoms with Crippen LogP contribution in [0, 0.1) is 0 Å². The standard InChI is InChI=1S/C13H14N2O3/c1-17-12-5-3-4-11(7-12)15-9-10(8-14-15)6-13(16)18-2/h3-5,7-9H,6H2,1-2H3. The number of methoxy groups -OCH3 is 2. The van der Waals surface area contributed by atoms with Gasteiger partial charge in [0.1, 0.15) is 5.75 Å². The van der Waals surface area contributed by atoms with E-state index in [4.69, 9.17) is 4.74 Å². The Bertz CT molecular complexity index is 549. The molecule has 94 valence electrons. The van der Waals surface area contributed by atoms with E-state index >= 15 is 0 Å². The SMILES string of the molecule is COC(=O)Cc1cnn(-c2cccc(OC)c2)c1. The van der Waals surface area contributed by atoms with Crippen molar-refractivity contribution in [2.75, 3.05) is 14.2 Å². The Morgan fingerprint density at radius 2 is 2.22 bits per heavy atom. The quantitative estimate of drug-likeness (QED) is 0.769. The second-order valence-corrected chi connectivity index (χ2v) is 3.75. The number of carbonyl (C=O) groups excluding carboxylic acids is 1. The van der Waals surface area contributed by atoms with E-state index in [2.05, 4.69) is 9.84 Å². The van der Waals surface area contributed by atoms with Crippen molar-refractivity contribution >= 4 is 5.97 Å². The Hall–Kier alpha value is -2.30. The molecular weight excluding hydrogens is 232 g/mol. The maximum absolute atomic E-state index is 11.1. The lowest BCUT2D eigenvalue weighted by Crippen LogP contribution is -2.03. The van der Waals surface area contributed by atoms with Crippen molar-refractivity contribution in [2.45, 2.75) is 6.42 Å². The minimum Gasteiger partial charge on any atom is -0.497 e. The molecule has 0 atom stereocenters.